The van der Waals surface area contributed by atoms with Crippen molar-refractivity contribution < 1.29 is 9.47 Å². The molecule has 0 unspecified atom stereocenters. The van der Waals surface area contributed by atoms with E-state index in [2.05, 4.69) is 89.4 Å². The molecule has 49 heavy (non-hydrogen) atoms. The van der Waals surface area contributed by atoms with Crippen LogP contribution in [0.4, 0.5) is 0 Å². The van der Waals surface area contributed by atoms with Gasteiger partial charge in [-0.1, -0.05) is 36.4 Å². The molecule has 1 N–H and O–H groups in total. The van der Waals surface area contributed by atoms with Crippen molar-refractivity contribution in [2.24, 2.45) is 7.05 Å². The number of ether oxygens (including phenoxy) is 2. The van der Waals surface area contributed by atoms with Gasteiger partial charge >= 0.3 is 0 Å². The zero-order valence-corrected chi connectivity index (χ0v) is 28.1. The van der Waals surface area contributed by atoms with Gasteiger partial charge in [-0.25, -0.2) is 19.9 Å². The fraction of sp³-hybridized carbons (Fsp3) is 0.0769. The summed E-state index contributed by atoms with van der Waals surface area (Å²) in [7, 11) is 5.49. The van der Waals surface area contributed by atoms with Crippen LogP contribution in [0.15, 0.2) is 84.9 Å². The van der Waals surface area contributed by atoms with Crippen LogP contribution in [-0.2, 0) is 7.05 Å². The highest BCUT2D eigenvalue weighted by Crippen LogP contribution is 2.42. The third kappa shape index (κ3) is 3.56. The molecule has 0 fully saturated rings. The normalized spacial score (nSPS) is 12.4. The van der Waals surface area contributed by atoms with Crippen molar-refractivity contribution in [2.45, 2.75) is 0 Å². The molecule has 11 rings (SSSR count). The molecule has 234 valence electrons. The number of rotatable bonds is 2. The lowest BCUT2D eigenvalue weighted by Crippen LogP contribution is -1.91. The number of benzene rings is 6. The second-order valence-electron chi connectivity index (χ2n) is 12.3. The number of imidazole rings is 2. The van der Waals surface area contributed by atoms with Crippen molar-refractivity contribution in [1.29, 1.82) is 0 Å². The van der Waals surface area contributed by atoms with Gasteiger partial charge in [-0.2, -0.15) is 0 Å². The van der Waals surface area contributed by atoms with E-state index in [9.17, 15) is 0 Å². The standard InChI is InChI=1S/C39H24N6O2S2/c1-45-25-15-11-19-13-17-27-33-29(19)31(25)42-37(45)21-7-4-6-20(34(21)46-2)36-40-24-14-10-18-12-16-26-32(28(18)30(24)41-36)43-38(48-26)22-8-5-9-23(35(22)47-3)39(44-33)49-27/h4-17H,1-3H3,(H,40,41). The number of methoxy groups -OCH3 is 2. The molecule has 5 heterocycles. The van der Waals surface area contributed by atoms with E-state index in [1.165, 1.54) is 0 Å². The zero-order chi connectivity index (χ0) is 32.5. The summed E-state index contributed by atoms with van der Waals surface area (Å²) < 4.78 is 16.7. The van der Waals surface area contributed by atoms with E-state index in [4.69, 9.17) is 29.4 Å². The molecular weight excluding hydrogens is 649 g/mol. The minimum absolute atomic E-state index is 0.704. The molecule has 0 saturated heterocycles. The van der Waals surface area contributed by atoms with Crippen LogP contribution in [0.2, 0.25) is 0 Å². The number of para-hydroxylation sites is 2. The second-order valence-corrected chi connectivity index (χ2v) is 14.4. The van der Waals surface area contributed by atoms with Crippen molar-refractivity contribution in [3.05, 3.63) is 84.9 Å². The van der Waals surface area contributed by atoms with Crippen LogP contribution in [0.5, 0.6) is 11.5 Å². The Hall–Kier alpha value is -5.84. The third-order valence-electron chi connectivity index (χ3n) is 9.78. The smallest absolute Gasteiger partial charge is 0.144 e. The quantitative estimate of drug-likeness (QED) is 0.197. The van der Waals surface area contributed by atoms with Crippen LogP contribution < -0.4 is 9.47 Å². The Labute approximate surface area is 284 Å². The second kappa shape index (κ2) is 9.62. The number of aryl methyl sites for hydroxylation is 1. The summed E-state index contributed by atoms with van der Waals surface area (Å²) in [4.78, 5) is 26.5. The maximum atomic E-state index is 6.18. The zero-order valence-electron chi connectivity index (χ0n) is 26.5. The summed E-state index contributed by atoms with van der Waals surface area (Å²) in [5, 5.41) is 7.81. The minimum Gasteiger partial charge on any atom is -0.495 e. The van der Waals surface area contributed by atoms with Crippen molar-refractivity contribution in [3.63, 3.8) is 0 Å². The maximum Gasteiger partial charge on any atom is 0.144 e. The van der Waals surface area contributed by atoms with E-state index in [0.717, 1.165) is 112 Å². The molecule has 5 aromatic heterocycles. The highest BCUT2D eigenvalue weighted by atomic mass is 32.1. The van der Waals surface area contributed by atoms with Crippen molar-refractivity contribution in [3.8, 4) is 11.5 Å². The monoisotopic (exact) mass is 672 g/mol. The SMILES string of the molecule is COc1c2cccc1c1nc3c(ccc4ccc5c(nc(c6cccc(c6OC)c6nc7c(ccc8ccc9sc2nc9c87)[nH]6)n5C)c43)s1. The van der Waals surface area contributed by atoms with Crippen molar-refractivity contribution >= 4 is 129 Å². The van der Waals surface area contributed by atoms with Crippen LogP contribution in [0, 0.1) is 0 Å². The van der Waals surface area contributed by atoms with Gasteiger partial charge in [0.05, 0.1) is 78.3 Å². The molecule has 10 heteroatoms. The van der Waals surface area contributed by atoms with E-state index in [0.29, 0.717) is 5.75 Å². The fourth-order valence-electron chi connectivity index (χ4n) is 7.53. The highest BCUT2D eigenvalue weighted by Gasteiger charge is 2.19. The first-order chi connectivity index (χ1) is 24.1. The molecule has 0 aliphatic rings. The fourth-order valence-corrected chi connectivity index (χ4v) is 9.53. The number of nitrogens with one attached hydrogen (secondary N) is 1. The average Bonchev–Trinajstić information content (AvgIpc) is 3.93. The number of nitrogens with zero attached hydrogens (tertiary/aromatic N) is 5. The molecule has 6 aromatic carbocycles. The first kappa shape index (κ1) is 27.1. The predicted octanol–water partition coefficient (Wildman–Crippen LogP) is 10.2. The molecule has 0 aliphatic carbocycles. The largest absolute Gasteiger partial charge is 0.495 e. The maximum absolute atomic E-state index is 6.18. The lowest BCUT2D eigenvalue weighted by Gasteiger charge is -2.05. The van der Waals surface area contributed by atoms with E-state index in [-0.39, 0.29) is 0 Å². The van der Waals surface area contributed by atoms with Gasteiger partial charge in [0, 0.05) is 17.8 Å². The summed E-state index contributed by atoms with van der Waals surface area (Å²) in [6.45, 7) is 0. The summed E-state index contributed by atoms with van der Waals surface area (Å²) >= 11 is 3.32. The van der Waals surface area contributed by atoms with E-state index < -0.39 is 0 Å². The van der Waals surface area contributed by atoms with Crippen LogP contribution in [0.3, 0.4) is 0 Å². The van der Waals surface area contributed by atoms with Gasteiger partial charge in [0.1, 0.15) is 32.5 Å². The first-order valence-electron chi connectivity index (χ1n) is 15.9. The Morgan fingerprint density at radius 1 is 0.571 bits per heavy atom. The topological polar surface area (TPSA) is 90.7 Å². The number of aromatic nitrogens is 6. The predicted molar refractivity (Wildman–Crippen MR) is 204 cm³/mol. The van der Waals surface area contributed by atoms with Crippen molar-refractivity contribution in [1.82, 2.24) is 29.5 Å². The van der Waals surface area contributed by atoms with Crippen LogP contribution in [-0.4, -0.2) is 43.7 Å². The molecule has 0 amide bonds. The third-order valence-corrected chi connectivity index (χ3v) is 11.9. The molecule has 0 spiro atoms. The average molecular weight is 673 g/mol. The van der Waals surface area contributed by atoms with Gasteiger partial charge < -0.3 is 19.0 Å². The van der Waals surface area contributed by atoms with Crippen LogP contribution in [0.25, 0.3) is 107 Å². The van der Waals surface area contributed by atoms with E-state index in [1.807, 2.05) is 12.1 Å². The number of aromatic amines is 1. The van der Waals surface area contributed by atoms with E-state index >= 15 is 0 Å². The van der Waals surface area contributed by atoms with Gasteiger partial charge in [-0.15, -0.1) is 22.7 Å². The summed E-state index contributed by atoms with van der Waals surface area (Å²) in [5.74, 6) is 1.46. The van der Waals surface area contributed by atoms with Gasteiger partial charge in [0.2, 0.25) is 0 Å². The number of H-pyrrole nitrogens is 1. The Morgan fingerprint density at radius 3 is 1.82 bits per heavy atom. The number of hydrogen-bond donors (Lipinski definition) is 1. The van der Waals surface area contributed by atoms with Gasteiger partial charge in [-0.05, 0) is 59.3 Å². The Balaban J connectivity index is 1.44. The van der Waals surface area contributed by atoms with Crippen molar-refractivity contribution in [2.75, 3.05) is 14.2 Å². The lowest BCUT2D eigenvalue weighted by atomic mass is 10.1. The Bertz CT molecular complexity index is 3280. The lowest BCUT2D eigenvalue weighted by molar-refractivity contribution is 0.424. The summed E-state index contributed by atoms with van der Waals surface area (Å²) in [6.07, 6.45) is 0. The number of hydrogen-bond acceptors (Lipinski definition) is 8. The highest BCUT2D eigenvalue weighted by molar-refractivity contribution is 7.25. The molecule has 8 nitrogen and oxygen atoms in total. The Morgan fingerprint density at radius 2 is 1.14 bits per heavy atom. The molecule has 0 saturated carbocycles. The Kier molecular flexibility index (Phi) is 5.33. The van der Waals surface area contributed by atoms with Gasteiger partial charge in [-0.3, -0.25) is 0 Å². The number of thiazole rings is 2. The van der Waals surface area contributed by atoms with Gasteiger partial charge in [0.15, 0.2) is 0 Å². The number of fused-ring (bicyclic) bond motifs is 12. The van der Waals surface area contributed by atoms with Crippen LogP contribution in [0.1, 0.15) is 0 Å². The van der Waals surface area contributed by atoms with E-state index in [1.54, 1.807) is 36.9 Å². The van der Waals surface area contributed by atoms with Gasteiger partial charge in [0.25, 0.3) is 0 Å². The molecular formula is C39H24N6O2S2. The molecule has 0 aliphatic heterocycles. The molecule has 0 atom stereocenters. The summed E-state index contributed by atoms with van der Waals surface area (Å²) in [6, 6.07) is 29.5. The summed E-state index contributed by atoms with van der Waals surface area (Å²) in [5.41, 5.74) is 7.07. The minimum atomic E-state index is 0.704. The molecule has 12 bridgehead atoms. The molecule has 0 radical (unpaired) electrons. The van der Waals surface area contributed by atoms with Crippen LogP contribution >= 0.6 is 22.7 Å². The first-order valence-corrected chi connectivity index (χ1v) is 17.5. The molecule has 11 aromatic rings.